The van der Waals surface area contributed by atoms with Crippen LogP contribution in [-0.2, 0) is 37.5 Å². The topological polar surface area (TPSA) is 154 Å². The zero-order valence-electron chi connectivity index (χ0n) is 18.8. The first-order valence-electron chi connectivity index (χ1n) is 10.6. The third-order valence-electron chi connectivity index (χ3n) is 5.57. The molecule has 3 atom stereocenters. The molecule has 1 fully saturated rings. The molecule has 3 unspecified atom stereocenters. The van der Waals surface area contributed by atoms with Crippen LogP contribution in [0.25, 0.3) is 0 Å². The lowest BCUT2D eigenvalue weighted by Crippen LogP contribution is -2.59. The molecule has 2 aliphatic rings. The van der Waals surface area contributed by atoms with Crippen LogP contribution in [0.5, 0.6) is 0 Å². The van der Waals surface area contributed by atoms with Crippen molar-refractivity contribution >= 4 is 35.3 Å². The number of esters is 2. The molecule has 1 N–H and O–H groups in total. The number of hydrogen-bond acceptors (Lipinski definition) is 10. The van der Waals surface area contributed by atoms with Crippen LogP contribution in [0.4, 0.5) is 5.69 Å². The van der Waals surface area contributed by atoms with E-state index >= 15 is 0 Å². The SMILES string of the molecule is CC(=O)OC(c1cnn(C)c1)C1C(=O)N2C(C(=O)OCc3ccc([N+](=O)[O-])cc3)=C(CCO)SC12. The second-order valence-corrected chi connectivity index (χ2v) is 9.18. The molecule has 13 heteroatoms. The Labute approximate surface area is 203 Å². The Kier molecular flexibility index (Phi) is 6.89. The number of aromatic nitrogens is 2. The van der Waals surface area contributed by atoms with Crippen molar-refractivity contribution in [2.75, 3.05) is 6.61 Å². The number of aliphatic hydroxyl groups excluding tert-OH is 1. The van der Waals surface area contributed by atoms with Crippen LogP contribution >= 0.6 is 11.8 Å². The Bertz CT molecular complexity index is 1210. The fourth-order valence-electron chi connectivity index (χ4n) is 4.00. The standard InChI is InChI=1S/C22H22N4O8S/c1-12(28)34-19(14-9-23-24(2)10-14)17-20(29)25-18(16(7-8-27)35-21(17)25)22(30)33-11-13-3-5-15(6-4-13)26(31)32/h3-6,9-10,17,19,21,27H,7-8,11H2,1-2H3. The Morgan fingerprint density at radius 2 is 2.03 bits per heavy atom. The maximum absolute atomic E-state index is 13.2. The van der Waals surface area contributed by atoms with E-state index in [0.29, 0.717) is 16.0 Å². The van der Waals surface area contributed by atoms with Crippen LogP contribution in [0, 0.1) is 16.0 Å². The van der Waals surface area contributed by atoms with Gasteiger partial charge in [-0.1, -0.05) is 0 Å². The summed E-state index contributed by atoms with van der Waals surface area (Å²) in [4.78, 5) is 50.0. The summed E-state index contributed by atoms with van der Waals surface area (Å²) in [5, 5.41) is 23.9. The molecule has 1 aromatic heterocycles. The molecule has 2 aromatic rings. The minimum atomic E-state index is -0.881. The van der Waals surface area contributed by atoms with Crippen LogP contribution in [0.1, 0.15) is 30.6 Å². The van der Waals surface area contributed by atoms with Crippen molar-refractivity contribution in [3.05, 3.63) is 68.5 Å². The van der Waals surface area contributed by atoms with E-state index in [1.54, 1.807) is 13.2 Å². The molecule has 0 spiro atoms. The van der Waals surface area contributed by atoms with Crippen LogP contribution < -0.4 is 0 Å². The van der Waals surface area contributed by atoms with E-state index in [-0.39, 0.29) is 31.0 Å². The molecule has 1 aromatic carbocycles. The van der Waals surface area contributed by atoms with Gasteiger partial charge in [-0.05, 0) is 17.7 Å². The van der Waals surface area contributed by atoms with Crippen molar-refractivity contribution < 1.29 is 33.9 Å². The average molecular weight is 503 g/mol. The normalized spacial score (nSPS) is 19.7. The molecule has 2 aliphatic heterocycles. The Hall–Kier alpha value is -3.71. The number of hydrogen-bond donors (Lipinski definition) is 1. The molecule has 0 aliphatic carbocycles. The Morgan fingerprint density at radius 1 is 1.31 bits per heavy atom. The summed E-state index contributed by atoms with van der Waals surface area (Å²) in [7, 11) is 1.70. The summed E-state index contributed by atoms with van der Waals surface area (Å²) in [6.07, 6.45) is 2.44. The lowest BCUT2D eigenvalue weighted by Gasteiger charge is -2.45. The summed E-state index contributed by atoms with van der Waals surface area (Å²) < 4.78 is 12.4. The predicted octanol–water partition coefficient (Wildman–Crippen LogP) is 1.80. The monoisotopic (exact) mass is 502 g/mol. The van der Waals surface area contributed by atoms with Crippen LogP contribution in [-0.4, -0.2) is 54.5 Å². The molecule has 12 nitrogen and oxygen atoms in total. The second kappa shape index (κ2) is 9.88. The lowest BCUT2D eigenvalue weighted by molar-refractivity contribution is -0.384. The molecule has 1 amide bonds. The van der Waals surface area contributed by atoms with Crippen molar-refractivity contribution in [2.24, 2.45) is 13.0 Å². The van der Waals surface area contributed by atoms with Crippen molar-refractivity contribution in [3.8, 4) is 0 Å². The number of nitrogens with zero attached hydrogens (tertiary/aromatic N) is 4. The smallest absolute Gasteiger partial charge is 0.356 e. The number of benzene rings is 1. The third-order valence-corrected chi connectivity index (χ3v) is 7.00. The predicted molar refractivity (Wildman–Crippen MR) is 121 cm³/mol. The van der Waals surface area contributed by atoms with Gasteiger partial charge in [-0.15, -0.1) is 11.8 Å². The van der Waals surface area contributed by atoms with E-state index < -0.39 is 40.2 Å². The summed E-state index contributed by atoms with van der Waals surface area (Å²) >= 11 is 1.25. The molecular weight excluding hydrogens is 480 g/mol. The number of non-ortho nitro benzene ring substituents is 1. The molecule has 3 heterocycles. The molecule has 35 heavy (non-hydrogen) atoms. The largest absolute Gasteiger partial charge is 0.457 e. The van der Waals surface area contributed by atoms with Gasteiger partial charge in [0.05, 0.1) is 11.1 Å². The van der Waals surface area contributed by atoms with Gasteiger partial charge < -0.3 is 14.6 Å². The van der Waals surface area contributed by atoms with Gasteiger partial charge in [-0.3, -0.25) is 29.3 Å². The molecular formula is C22H22N4O8S. The minimum absolute atomic E-state index is 0.0463. The molecule has 0 saturated carbocycles. The van der Waals surface area contributed by atoms with Crippen LogP contribution in [0.3, 0.4) is 0 Å². The van der Waals surface area contributed by atoms with Gasteiger partial charge in [-0.25, -0.2) is 4.79 Å². The van der Waals surface area contributed by atoms with Gasteiger partial charge in [0.1, 0.15) is 29.7 Å². The first-order valence-corrected chi connectivity index (χ1v) is 11.5. The maximum atomic E-state index is 13.2. The molecule has 184 valence electrons. The highest BCUT2D eigenvalue weighted by atomic mass is 32.2. The van der Waals surface area contributed by atoms with Gasteiger partial charge in [0, 0.05) is 55.8 Å². The molecule has 1 saturated heterocycles. The van der Waals surface area contributed by atoms with Crippen molar-refractivity contribution in [2.45, 2.75) is 31.4 Å². The van der Waals surface area contributed by atoms with Gasteiger partial charge in [0.15, 0.2) is 0 Å². The first kappa shape index (κ1) is 24.4. The summed E-state index contributed by atoms with van der Waals surface area (Å²) in [5.74, 6) is -2.46. The second-order valence-electron chi connectivity index (χ2n) is 7.96. The quantitative estimate of drug-likeness (QED) is 0.232. The fraction of sp³-hybridized carbons (Fsp3) is 0.364. The Balaban J connectivity index is 1.52. The molecule has 0 radical (unpaired) electrons. The average Bonchev–Trinajstić information content (AvgIpc) is 3.39. The van der Waals surface area contributed by atoms with Gasteiger partial charge in [0.25, 0.3) is 5.69 Å². The highest BCUT2D eigenvalue weighted by molar-refractivity contribution is 8.04. The maximum Gasteiger partial charge on any atom is 0.356 e. The van der Waals surface area contributed by atoms with E-state index in [2.05, 4.69) is 5.10 Å². The van der Waals surface area contributed by atoms with Crippen molar-refractivity contribution in [1.29, 1.82) is 0 Å². The van der Waals surface area contributed by atoms with Crippen LogP contribution in [0.15, 0.2) is 47.3 Å². The van der Waals surface area contributed by atoms with Gasteiger partial charge >= 0.3 is 11.9 Å². The lowest BCUT2D eigenvalue weighted by atomic mass is 9.88. The zero-order valence-corrected chi connectivity index (χ0v) is 19.6. The Morgan fingerprint density at radius 3 is 2.60 bits per heavy atom. The van der Waals surface area contributed by atoms with Gasteiger partial charge in [0.2, 0.25) is 5.91 Å². The van der Waals surface area contributed by atoms with E-state index in [1.165, 1.54) is 58.7 Å². The number of rotatable bonds is 9. The van der Waals surface area contributed by atoms with E-state index in [9.17, 15) is 29.6 Å². The summed E-state index contributed by atoms with van der Waals surface area (Å²) in [6, 6.07) is 5.56. The number of nitro benzene ring substituents is 1. The van der Waals surface area contributed by atoms with E-state index in [0.717, 1.165) is 0 Å². The first-order chi connectivity index (χ1) is 16.7. The van der Waals surface area contributed by atoms with Crippen molar-refractivity contribution in [1.82, 2.24) is 14.7 Å². The number of aliphatic hydroxyl groups is 1. The number of thioether (sulfide) groups is 1. The number of aryl methyl sites for hydroxylation is 1. The molecule has 4 rings (SSSR count). The summed E-state index contributed by atoms with van der Waals surface area (Å²) in [5.41, 5.74) is 1.05. The van der Waals surface area contributed by atoms with E-state index in [1.807, 2.05) is 0 Å². The minimum Gasteiger partial charge on any atom is -0.457 e. The molecule has 0 bridgehead atoms. The zero-order chi connectivity index (χ0) is 25.3. The van der Waals surface area contributed by atoms with Crippen molar-refractivity contribution in [3.63, 3.8) is 0 Å². The number of nitro groups is 1. The number of β-lactam (4-membered cyclic amide) rings is 1. The highest BCUT2D eigenvalue weighted by Crippen LogP contribution is 2.54. The number of carbonyl (C=O) groups is 3. The fourth-order valence-corrected chi connectivity index (χ4v) is 5.52. The summed E-state index contributed by atoms with van der Waals surface area (Å²) in [6.45, 7) is 0.860. The number of amides is 1. The highest BCUT2D eigenvalue weighted by Gasteiger charge is 2.60. The van der Waals surface area contributed by atoms with Crippen LogP contribution in [0.2, 0.25) is 0 Å². The third kappa shape index (κ3) is 4.77. The number of fused-ring (bicyclic) bond motifs is 1. The van der Waals surface area contributed by atoms with E-state index in [4.69, 9.17) is 9.47 Å². The number of ether oxygens (including phenoxy) is 2. The number of carbonyl (C=O) groups excluding carboxylic acids is 3. The van der Waals surface area contributed by atoms with Gasteiger partial charge in [-0.2, -0.15) is 5.10 Å².